The predicted octanol–water partition coefficient (Wildman–Crippen LogP) is 2.86. The largest absolute Gasteiger partial charge is 0.451 e. The van der Waals surface area contributed by atoms with Crippen molar-refractivity contribution in [2.45, 2.75) is 23.5 Å². The van der Waals surface area contributed by atoms with Crippen LogP contribution in [0.5, 0.6) is 0 Å². The van der Waals surface area contributed by atoms with Crippen molar-refractivity contribution in [3.8, 4) is 0 Å². The number of carbonyl (C=O) groups is 1. The van der Waals surface area contributed by atoms with Crippen LogP contribution in [0.2, 0.25) is 0 Å². The van der Waals surface area contributed by atoms with E-state index in [0.29, 0.717) is 0 Å². The van der Waals surface area contributed by atoms with Gasteiger partial charge in [-0.1, -0.05) is 17.8 Å². The average Bonchev–Trinajstić information content (AvgIpc) is 2.88. The lowest BCUT2D eigenvalue weighted by molar-refractivity contribution is -0.384. The van der Waals surface area contributed by atoms with E-state index in [1.54, 1.807) is 0 Å². The van der Waals surface area contributed by atoms with Gasteiger partial charge in [0.2, 0.25) is 11.7 Å². The lowest BCUT2D eigenvalue weighted by Gasteiger charge is -2.12. The van der Waals surface area contributed by atoms with Crippen LogP contribution in [0.25, 0.3) is 0 Å². The van der Waals surface area contributed by atoms with Crippen LogP contribution in [0.15, 0.2) is 29.4 Å². The number of hydrogen-bond acceptors (Lipinski definition) is 6. The Morgan fingerprint density at radius 3 is 2.64 bits per heavy atom. The predicted molar refractivity (Wildman–Crippen MR) is 83.1 cm³/mol. The Kier molecular flexibility index (Phi) is 5.30. The first-order valence-electron chi connectivity index (χ1n) is 6.78. The number of hydrogen-bond donors (Lipinski definition) is 1. The number of nitrogens with zero attached hydrogens (tertiary/aromatic N) is 4. The summed E-state index contributed by atoms with van der Waals surface area (Å²) < 4.78 is 38.8. The van der Waals surface area contributed by atoms with Gasteiger partial charge >= 0.3 is 6.18 Å². The van der Waals surface area contributed by atoms with Crippen LogP contribution < -0.4 is 5.32 Å². The fourth-order valence-electron chi connectivity index (χ4n) is 1.82. The van der Waals surface area contributed by atoms with Crippen molar-refractivity contribution >= 4 is 29.0 Å². The van der Waals surface area contributed by atoms with Gasteiger partial charge in [-0.25, -0.2) is 0 Å². The lowest BCUT2D eigenvalue weighted by Crippen LogP contribution is -2.23. The van der Waals surface area contributed by atoms with E-state index in [4.69, 9.17) is 0 Å². The van der Waals surface area contributed by atoms with Crippen molar-refractivity contribution < 1.29 is 22.9 Å². The van der Waals surface area contributed by atoms with Crippen molar-refractivity contribution in [3.63, 3.8) is 0 Å². The third-order valence-electron chi connectivity index (χ3n) is 3.06. The summed E-state index contributed by atoms with van der Waals surface area (Å²) in [5, 5.41) is 18.8. The first kappa shape index (κ1) is 18.7. The molecule has 0 aliphatic heterocycles. The zero-order valence-electron chi connectivity index (χ0n) is 12.9. The highest BCUT2D eigenvalue weighted by Gasteiger charge is 2.37. The molecule has 0 radical (unpaired) electrons. The smallest absolute Gasteiger partial charge is 0.325 e. The van der Waals surface area contributed by atoms with Crippen molar-refractivity contribution in [2.75, 3.05) is 5.32 Å². The minimum Gasteiger partial charge on any atom is -0.325 e. The Hall–Kier alpha value is -2.63. The quantitative estimate of drug-likeness (QED) is 0.490. The molecule has 0 saturated heterocycles. The molecule has 1 heterocycles. The zero-order chi connectivity index (χ0) is 18.8. The van der Waals surface area contributed by atoms with E-state index in [9.17, 15) is 28.1 Å². The Balaban J connectivity index is 2.07. The molecule has 0 aliphatic carbocycles. The number of alkyl halides is 3. The number of nitro groups is 1. The van der Waals surface area contributed by atoms with Gasteiger partial charge in [-0.15, -0.1) is 10.2 Å². The van der Waals surface area contributed by atoms with E-state index < -0.39 is 28.1 Å². The number of amides is 1. The highest BCUT2D eigenvalue weighted by molar-refractivity contribution is 8.00. The third kappa shape index (κ3) is 4.47. The number of anilines is 1. The molecule has 134 valence electrons. The van der Waals surface area contributed by atoms with Gasteiger partial charge in [0.15, 0.2) is 5.16 Å². The number of aromatic nitrogens is 3. The SMILES string of the molecule is C[C@@H](Sc1nnc(C(F)(F)F)n1C)C(=O)Nc1cccc([N+](=O)[O-])c1. The van der Waals surface area contributed by atoms with Crippen molar-refractivity contribution in [1.29, 1.82) is 0 Å². The summed E-state index contributed by atoms with van der Waals surface area (Å²) in [4.78, 5) is 22.2. The molecule has 12 heteroatoms. The monoisotopic (exact) mass is 375 g/mol. The number of rotatable bonds is 5. The molecule has 0 unspecified atom stereocenters. The first-order chi connectivity index (χ1) is 11.6. The number of benzene rings is 1. The van der Waals surface area contributed by atoms with Crippen LogP contribution in [-0.4, -0.2) is 30.8 Å². The molecular formula is C13H12F3N5O3S. The van der Waals surface area contributed by atoms with Gasteiger partial charge in [-0.3, -0.25) is 14.9 Å². The maximum Gasteiger partial charge on any atom is 0.451 e. The molecule has 1 N–H and O–H groups in total. The standard InChI is InChI=1S/C13H12F3N5O3S/c1-7(25-12-19-18-11(20(12)2)13(14,15)16)10(22)17-8-4-3-5-9(6-8)21(23)24/h3-7H,1-2H3,(H,17,22)/t7-/m1/s1. The van der Waals surface area contributed by atoms with Gasteiger partial charge in [-0.05, 0) is 13.0 Å². The zero-order valence-corrected chi connectivity index (χ0v) is 13.8. The topological polar surface area (TPSA) is 103 Å². The van der Waals surface area contributed by atoms with Gasteiger partial charge in [0.1, 0.15) is 0 Å². The summed E-state index contributed by atoms with van der Waals surface area (Å²) in [6.07, 6.45) is -4.64. The molecule has 0 spiro atoms. The molecule has 2 aromatic rings. The van der Waals surface area contributed by atoms with E-state index in [2.05, 4.69) is 15.5 Å². The molecule has 8 nitrogen and oxygen atoms in total. The van der Waals surface area contributed by atoms with Crippen LogP contribution in [0, 0.1) is 10.1 Å². The Morgan fingerprint density at radius 2 is 2.08 bits per heavy atom. The molecule has 1 aromatic heterocycles. The van der Waals surface area contributed by atoms with Crippen molar-refractivity contribution in [2.24, 2.45) is 7.05 Å². The summed E-state index contributed by atoms with van der Waals surface area (Å²) in [5.41, 5.74) is 0.0156. The highest BCUT2D eigenvalue weighted by atomic mass is 32.2. The van der Waals surface area contributed by atoms with Gasteiger partial charge in [0.25, 0.3) is 5.69 Å². The minimum atomic E-state index is -4.64. The van der Waals surface area contributed by atoms with Crippen molar-refractivity contribution in [3.05, 3.63) is 40.2 Å². The summed E-state index contributed by atoms with van der Waals surface area (Å²) >= 11 is 0.788. The maximum absolute atomic E-state index is 12.7. The van der Waals surface area contributed by atoms with E-state index in [1.807, 2.05) is 0 Å². The third-order valence-corrected chi connectivity index (χ3v) is 4.20. The van der Waals surface area contributed by atoms with Crippen LogP contribution in [0.4, 0.5) is 24.5 Å². The molecule has 0 aliphatic rings. The summed E-state index contributed by atoms with van der Waals surface area (Å²) in [5.74, 6) is -1.71. The minimum absolute atomic E-state index is 0.0750. The van der Waals surface area contributed by atoms with Crippen molar-refractivity contribution in [1.82, 2.24) is 14.8 Å². The van der Waals surface area contributed by atoms with Crippen LogP contribution >= 0.6 is 11.8 Å². The normalized spacial score (nSPS) is 12.7. The van der Waals surface area contributed by atoms with Crippen LogP contribution in [0.3, 0.4) is 0 Å². The van der Waals surface area contributed by atoms with Gasteiger partial charge < -0.3 is 9.88 Å². The molecule has 0 fully saturated rings. The van der Waals surface area contributed by atoms with Gasteiger partial charge in [0.05, 0.1) is 10.2 Å². The molecule has 25 heavy (non-hydrogen) atoms. The molecule has 0 bridgehead atoms. The van der Waals surface area contributed by atoms with Crippen LogP contribution in [-0.2, 0) is 18.0 Å². The molecule has 2 rings (SSSR count). The summed E-state index contributed by atoms with van der Waals surface area (Å²) in [7, 11) is 1.15. The highest BCUT2D eigenvalue weighted by Crippen LogP contribution is 2.31. The number of carbonyl (C=O) groups excluding carboxylic acids is 1. The number of non-ortho nitro benzene ring substituents is 1. The first-order valence-corrected chi connectivity index (χ1v) is 7.66. The van der Waals surface area contributed by atoms with E-state index in [1.165, 1.54) is 31.2 Å². The number of nitrogens with one attached hydrogen (secondary N) is 1. The molecule has 1 amide bonds. The fourth-order valence-corrected chi connectivity index (χ4v) is 2.63. The Bertz CT molecular complexity index is 808. The molecule has 1 aromatic carbocycles. The van der Waals surface area contributed by atoms with Gasteiger partial charge in [0, 0.05) is 24.9 Å². The molecule has 0 saturated carbocycles. The molecular weight excluding hydrogens is 363 g/mol. The lowest BCUT2D eigenvalue weighted by atomic mass is 10.2. The van der Waals surface area contributed by atoms with E-state index >= 15 is 0 Å². The fraction of sp³-hybridized carbons (Fsp3) is 0.308. The Morgan fingerprint density at radius 1 is 1.40 bits per heavy atom. The number of thioether (sulfide) groups is 1. The van der Waals surface area contributed by atoms with Gasteiger partial charge in [-0.2, -0.15) is 13.2 Å². The second-order valence-corrected chi connectivity index (χ2v) is 6.23. The average molecular weight is 375 g/mol. The second kappa shape index (κ2) is 7.09. The second-order valence-electron chi connectivity index (χ2n) is 4.92. The van der Waals surface area contributed by atoms with Crippen LogP contribution in [0.1, 0.15) is 12.7 Å². The Labute approximate surface area is 143 Å². The summed E-state index contributed by atoms with van der Waals surface area (Å²) in [6, 6.07) is 5.32. The number of nitro benzene ring substituents is 1. The summed E-state index contributed by atoms with van der Waals surface area (Å²) in [6.45, 7) is 1.47. The molecule has 1 atom stereocenters. The van der Waals surface area contributed by atoms with E-state index in [0.717, 1.165) is 23.4 Å². The van der Waals surface area contributed by atoms with E-state index in [-0.39, 0.29) is 16.5 Å². The maximum atomic E-state index is 12.7. The number of halogens is 3.